The third kappa shape index (κ3) is 5.14. The molecule has 0 aliphatic rings. The Morgan fingerprint density at radius 2 is 2.11 bits per heavy atom. The molecule has 0 aromatic heterocycles. The van der Waals surface area contributed by atoms with Gasteiger partial charge in [0.2, 0.25) is 0 Å². The first-order chi connectivity index (χ1) is 9.00. The molecule has 0 saturated heterocycles. The molecule has 0 fully saturated rings. The van der Waals surface area contributed by atoms with Crippen molar-refractivity contribution in [3.05, 3.63) is 29.6 Å². The highest BCUT2D eigenvalue weighted by Crippen LogP contribution is 2.23. The predicted octanol–water partition coefficient (Wildman–Crippen LogP) is 1.36. The van der Waals surface area contributed by atoms with Crippen molar-refractivity contribution in [3.8, 4) is 5.75 Å². The molecule has 5 heteroatoms. The molecule has 0 radical (unpaired) electrons. The van der Waals surface area contributed by atoms with Gasteiger partial charge in [0, 0.05) is 26.6 Å². The molecule has 0 amide bonds. The molecule has 4 nitrogen and oxygen atoms in total. The predicted molar refractivity (Wildman–Crippen MR) is 72.0 cm³/mol. The van der Waals surface area contributed by atoms with Gasteiger partial charge in [0.15, 0.2) is 11.6 Å². The Kier molecular flexibility index (Phi) is 6.21. The summed E-state index contributed by atoms with van der Waals surface area (Å²) >= 11 is 0. The van der Waals surface area contributed by atoms with E-state index < -0.39 is 11.4 Å². The van der Waals surface area contributed by atoms with Gasteiger partial charge >= 0.3 is 0 Å². The van der Waals surface area contributed by atoms with Crippen LogP contribution in [0.4, 0.5) is 4.39 Å². The number of hydrogen-bond acceptors (Lipinski definition) is 4. The van der Waals surface area contributed by atoms with Crippen LogP contribution in [0.3, 0.4) is 0 Å². The van der Waals surface area contributed by atoms with Crippen LogP contribution in [0.1, 0.15) is 12.5 Å². The van der Waals surface area contributed by atoms with E-state index in [0.717, 1.165) is 0 Å². The fraction of sp³-hybridized carbons (Fsp3) is 0.571. The molecule has 1 aromatic carbocycles. The van der Waals surface area contributed by atoms with Gasteiger partial charge in [-0.05, 0) is 18.6 Å². The number of methoxy groups -OCH3 is 2. The summed E-state index contributed by atoms with van der Waals surface area (Å²) in [7, 11) is 3.04. The lowest BCUT2D eigenvalue weighted by atomic mass is 9.96. The van der Waals surface area contributed by atoms with Crippen LogP contribution in [-0.2, 0) is 11.2 Å². The number of rotatable bonds is 8. The van der Waals surface area contributed by atoms with Crippen molar-refractivity contribution >= 4 is 0 Å². The van der Waals surface area contributed by atoms with Crippen molar-refractivity contribution in [2.75, 3.05) is 33.9 Å². The second-order valence-electron chi connectivity index (χ2n) is 4.78. The summed E-state index contributed by atoms with van der Waals surface area (Å²) in [5.74, 6) is -0.220. The van der Waals surface area contributed by atoms with E-state index in [0.29, 0.717) is 25.3 Å². The lowest BCUT2D eigenvalue weighted by molar-refractivity contribution is 0.0572. The largest absolute Gasteiger partial charge is 0.494 e. The van der Waals surface area contributed by atoms with Crippen LogP contribution < -0.4 is 10.1 Å². The van der Waals surface area contributed by atoms with Crippen LogP contribution in [0, 0.1) is 5.82 Å². The average Bonchev–Trinajstić information content (AvgIpc) is 2.37. The number of benzene rings is 1. The number of hydrogen-bond donors (Lipinski definition) is 2. The maximum atomic E-state index is 14.0. The topological polar surface area (TPSA) is 50.7 Å². The van der Waals surface area contributed by atoms with Gasteiger partial charge in [0.25, 0.3) is 0 Å². The van der Waals surface area contributed by atoms with E-state index in [-0.39, 0.29) is 12.2 Å². The Morgan fingerprint density at radius 1 is 1.37 bits per heavy atom. The minimum Gasteiger partial charge on any atom is -0.494 e. The van der Waals surface area contributed by atoms with E-state index in [9.17, 15) is 9.50 Å². The van der Waals surface area contributed by atoms with Crippen molar-refractivity contribution in [1.29, 1.82) is 0 Å². The van der Waals surface area contributed by atoms with Crippen LogP contribution >= 0.6 is 0 Å². The van der Waals surface area contributed by atoms with Gasteiger partial charge < -0.3 is 19.9 Å². The van der Waals surface area contributed by atoms with E-state index in [2.05, 4.69) is 5.32 Å². The Morgan fingerprint density at radius 3 is 2.74 bits per heavy atom. The van der Waals surface area contributed by atoms with Crippen molar-refractivity contribution in [1.82, 2.24) is 5.32 Å². The third-order valence-electron chi connectivity index (χ3n) is 2.82. The molecule has 1 atom stereocenters. The molecule has 1 unspecified atom stereocenters. The lowest BCUT2D eigenvalue weighted by Gasteiger charge is -2.24. The molecule has 0 saturated carbocycles. The summed E-state index contributed by atoms with van der Waals surface area (Å²) in [5, 5.41) is 13.3. The summed E-state index contributed by atoms with van der Waals surface area (Å²) < 4.78 is 23.8. The van der Waals surface area contributed by atoms with Gasteiger partial charge in [-0.2, -0.15) is 0 Å². The Hall–Kier alpha value is -1.17. The van der Waals surface area contributed by atoms with Gasteiger partial charge in [0.05, 0.1) is 19.3 Å². The summed E-state index contributed by atoms with van der Waals surface area (Å²) in [6, 6.07) is 4.93. The van der Waals surface area contributed by atoms with E-state index in [1.165, 1.54) is 7.11 Å². The smallest absolute Gasteiger partial charge is 0.168 e. The molecular weight excluding hydrogens is 249 g/mol. The Balaban J connectivity index is 2.62. The molecular formula is C14H22FNO3. The monoisotopic (exact) mass is 271 g/mol. The van der Waals surface area contributed by atoms with Crippen LogP contribution in [0.2, 0.25) is 0 Å². The summed E-state index contributed by atoms with van der Waals surface area (Å²) in [4.78, 5) is 0. The zero-order chi connectivity index (χ0) is 14.3. The van der Waals surface area contributed by atoms with Gasteiger partial charge in [-0.25, -0.2) is 4.39 Å². The molecule has 19 heavy (non-hydrogen) atoms. The Bertz CT molecular complexity index is 396. The Labute approximate surface area is 113 Å². The van der Waals surface area contributed by atoms with Crippen LogP contribution in [0.25, 0.3) is 0 Å². The molecule has 108 valence electrons. The second-order valence-corrected chi connectivity index (χ2v) is 4.78. The fourth-order valence-corrected chi connectivity index (χ4v) is 1.86. The number of aliphatic hydroxyl groups is 1. The van der Waals surface area contributed by atoms with Crippen LogP contribution in [-0.4, -0.2) is 44.6 Å². The summed E-state index contributed by atoms with van der Waals surface area (Å²) in [5.41, 5.74) is -0.584. The zero-order valence-corrected chi connectivity index (χ0v) is 11.7. The first-order valence-electron chi connectivity index (χ1n) is 6.23. The third-order valence-corrected chi connectivity index (χ3v) is 2.82. The average molecular weight is 271 g/mol. The molecule has 0 aliphatic heterocycles. The van der Waals surface area contributed by atoms with E-state index in [1.54, 1.807) is 32.2 Å². The highest BCUT2D eigenvalue weighted by atomic mass is 19.1. The highest BCUT2D eigenvalue weighted by molar-refractivity contribution is 5.31. The molecule has 1 aromatic rings. The lowest BCUT2D eigenvalue weighted by Crippen LogP contribution is -2.41. The van der Waals surface area contributed by atoms with Crippen LogP contribution in [0.15, 0.2) is 18.2 Å². The van der Waals surface area contributed by atoms with Gasteiger partial charge in [-0.1, -0.05) is 12.1 Å². The highest BCUT2D eigenvalue weighted by Gasteiger charge is 2.23. The van der Waals surface area contributed by atoms with E-state index in [4.69, 9.17) is 9.47 Å². The van der Waals surface area contributed by atoms with E-state index in [1.807, 2.05) is 0 Å². The minimum atomic E-state index is -1.03. The molecule has 2 N–H and O–H groups in total. The first-order valence-corrected chi connectivity index (χ1v) is 6.23. The van der Waals surface area contributed by atoms with Gasteiger partial charge in [-0.3, -0.25) is 0 Å². The van der Waals surface area contributed by atoms with Gasteiger partial charge in [0.1, 0.15) is 0 Å². The van der Waals surface area contributed by atoms with Crippen molar-refractivity contribution in [3.63, 3.8) is 0 Å². The van der Waals surface area contributed by atoms with Gasteiger partial charge in [-0.15, -0.1) is 0 Å². The fourth-order valence-electron chi connectivity index (χ4n) is 1.86. The molecule has 0 aliphatic carbocycles. The zero-order valence-electron chi connectivity index (χ0n) is 11.7. The normalized spacial score (nSPS) is 14.2. The standard InChI is InChI=1S/C14H22FNO3/c1-14(17,10-16-7-8-18-2)9-11-5-4-6-12(19-3)13(11)15/h4-6,16-17H,7-10H2,1-3H3. The quantitative estimate of drug-likeness (QED) is 0.701. The molecule has 0 bridgehead atoms. The van der Waals surface area contributed by atoms with Crippen molar-refractivity contribution < 1.29 is 19.0 Å². The minimum absolute atomic E-state index is 0.195. The number of ether oxygens (including phenoxy) is 2. The second kappa shape index (κ2) is 7.43. The number of halogens is 1. The first kappa shape index (κ1) is 15.9. The maximum absolute atomic E-state index is 14.0. The van der Waals surface area contributed by atoms with E-state index >= 15 is 0 Å². The summed E-state index contributed by atoms with van der Waals surface area (Å²) in [6.45, 7) is 3.26. The van der Waals surface area contributed by atoms with Crippen molar-refractivity contribution in [2.45, 2.75) is 18.9 Å². The van der Waals surface area contributed by atoms with Crippen LogP contribution in [0.5, 0.6) is 5.75 Å². The summed E-state index contributed by atoms with van der Waals surface area (Å²) in [6.07, 6.45) is 0.218. The molecule has 1 rings (SSSR count). The molecule has 0 heterocycles. The molecule has 0 spiro atoms. The van der Waals surface area contributed by atoms with Crippen molar-refractivity contribution in [2.24, 2.45) is 0 Å². The SMILES string of the molecule is COCCNCC(C)(O)Cc1cccc(OC)c1F. The maximum Gasteiger partial charge on any atom is 0.168 e. The number of nitrogens with one attached hydrogen (secondary N) is 1.